The third kappa shape index (κ3) is 3.88. The van der Waals surface area contributed by atoms with E-state index < -0.39 is 5.97 Å². The highest BCUT2D eigenvalue weighted by Crippen LogP contribution is 2.26. The molecule has 3 aromatic rings. The van der Waals surface area contributed by atoms with E-state index in [4.69, 9.17) is 9.15 Å². The summed E-state index contributed by atoms with van der Waals surface area (Å²) in [4.78, 5) is 32.0. The van der Waals surface area contributed by atoms with E-state index in [0.717, 1.165) is 19.3 Å². The van der Waals surface area contributed by atoms with Gasteiger partial charge in [-0.2, -0.15) is 0 Å². The third-order valence-corrected chi connectivity index (χ3v) is 5.52. The van der Waals surface area contributed by atoms with Crippen molar-refractivity contribution < 1.29 is 18.7 Å². The summed E-state index contributed by atoms with van der Waals surface area (Å²) in [7, 11) is 0. The molecule has 0 saturated carbocycles. The van der Waals surface area contributed by atoms with Crippen molar-refractivity contribution in [2.45, 2.75) is 45.2 Å². The van der Waals surface area contributed by atoms with Crippen molar-refractivity contribution in [2.24, 2.45) is 0 Å². The molecule has 2 aromatic heterocycles. The Labute approximate surface area is 169 Å². The zero-order chi connectivity index (χ0) is 20.4. The normalized spacial score (nSPS) is 19.3. The van der Waals surface area contributed by atoms with Gasteiger partial charge in [-0.3, -0.25) is 4.79 Å². The molecule has 6 heteroatoms. The Kier molecular flexibility index (Phi) is 5.34. The van der Waals surface area contributed by atoms with E-state index in [1.54, 1.807) is 24.5 Å². The first-order valence-corrected chi connectivity index (χ1v) is 9.96. The van der Waals surface area contributed by atoms with Gasteiger partial charge in [0.15, 0.2) is 12.4 Å². The lowest BCUT2D eigenvalue weighted by atomic mass is 9.97. The number of amides is 1. The zero-order valence-electron chi connectivity index (χ0n) is 16.6. The number of fused-ring (bicyclic) bond motifs is 1. The molecule has 0 unspecified atom stereocenters. The third-order valence-electron chi connectivity index (χ3n) is 5.52. The number of aromatic nitrogens is 1. The van der Waals surface area contributed by atoms with Gasteiger partial charge in [-0.05, 0) is 57.4 Å². The highest BCUT2D eigenvalue weighted by Gasteiger charge is 2.29. The Morgan fingerprint density at radius 1 is 1.14 bits per heavy atom. The molecule has 150 valence electrons. The van der Waals surface area contributed by atoms with Crippen LogP contribution in [0.25, 0.3) is 22.4 Å². The van der Waals surface area contributed by atoms with Crippen molar-refractivity contribution in [1.29, 1.82) is 0 Å². The van der Waals surface area contributed by atoms with Crippen LogP contribution in [0.5, 0.6) is 0 Å². The number of furan rings is 1. The van der Waals surface area contributed by atoms with Gasteiger partial charge in [-0.25, -0.2) is 9.78 Å². The zero-order valence-corrected chi connectivity index (χ0v) is 16.6. The van der Waals surface area contributed by atoms with Gasteiger partial charge >= 0.3 is 5.97 Å². The quantitative estimate of drug-likeness (QED) is 0.614. The van der Waals surface area contributed by atoms with E-state index >= 15 is 0 Å². The predicted molar refractivity (Wildman–Crippen MR) is 109 cm³/mol. The molecule has 0 aliphatic carbocycles. The van der Waals surface area contributed by atoms with E-state index in [0.29, 0.717) is 27.9 Å². The average molecular weight is 392 g/mol. The van der Waals surface area contributed by atoms with Crippen molar-refractivity contribution in [3.05, 3.63) is 54.3 Å². The molecule has 29 heavy (non-hydrogen) atoms. The van der Waals surface area contributed by atoms with Crippen LogP contribution in [0.4, 0.5) is 0 Å². The van der Waals surface area contributed by atoms with Crippen LogP contribution in [-0.2, 0) is 9.53 Å². The van der Waals surface area contributed by atoms with E-state index in [1.165, 1.54) is 0 Å². The standard InChI is InChI=1S/C23H24N2O4/c1-15-7-5-8-16(2)25(15)22(26)14-29-23(27)18-13-20(21-11-6-12-28-21)24-19-10-4-3-9-17(18)19/h3-4,6,9-13,15-16H,5,7-8,14H2,1-2H3/t15-,16+. The summed E-state index contributed by atoms with van der Waals surface area (Å²) in [6.07, 6.45) is 4.63. The molecular formula is C23H24N2O4. The number of ether oxygens (including phenoxy) is 1. The number of piperidine rings is 1. The number of benzene rings is 1. The topological polar surface area (TPSA) is 72.6 Å². The van der Waals surface area contributed by atoms with E-state index in [2.05, 4.69) is 4.98 Å². The number of pyridine rings is 1. The van der Waals surface area contributed by atoms with Crippen LogP contribution in [0.15, 0.2) is 53.1 Å². The fourth-order valence-corrected chi connectivity index (χ4v) is 4.09. The first kappa shape index (κ1) is 19.2. The molecule has 2 atom stereocenters. The number of carbonyl (C=O) groups is 2. The van der Waals surface area contributed by atoms with Gasteiger partial charge in [-0.1, -0.05) is 18.2 Å². The second-order valence-electron chi connectivity index (χ2n) is 7.56. The molecule has 0 bridgehead atoms. The molecule has 0 N–H and O–H groups in total. The minimum absolute atomic E-state index is 0.150. The molecule has 3 heterocycles. The molecule has 1 aromatic carbocycles. The van der Waals surface area contributed by atoms with E-state index in [1.807, 2.05) is 43.0 Å². The molecule has 1 amide bonds. The van der Waals surface area contributed by atoms with Gasteiger partial charge in [0.05, 0.1) is 17.3 Å². The Morgan fingerprint density at radius 2 is 1.90 bits per heavy atom. The van der Waals surface area contributed by atoms with Crippen molar-refractivity contribution in [2.75, 3.05) is 6.61 Å². The Morgan fingerprint density at radius 3 is 2.62 bits per heavy atom. The van der Waals surface area contributed by atoms with Crippen LogP contribution in [0.3, 0.4) is 0 Å². The summed E-state index contributed by atoms with van der Waals surface area (Å²) in [5.74, 6) is -0.124. The van der Waals surface area contributed by atoms with Crippen molar-refractivity contribution in [3.8, 4) is 11.5 Å². The number of carbonyl (C=O) groups excluding carboxylic acids is 2. The second-order valence-corrected chi connectivity index (χ2v) is 7.56. The molecule has 4 rings (SSSR count). The number of para-hydroxylation sites is 1. The van der Waals surface area contributed by atoms with Crippen LogP contribution in [0.1, 0.15) is 43.5 Å². The number of likely N-dealkylation sites (tertiary alicyclic amines) is 1. The minimum atomic E-state index is -0.540. The maximum absolute atomic E-state index is 12.9. The SMILES string of the molecule is C[C@@H]1CCC[C@H](C)N1C(=O)COC(=O)c1cc(-c2ccco2)nc2ccccc12. The van der Waals surface area contributed by atoms with Gasteiger partial charge < -0.3 is 14.1 Å². The fourth-order valence-electron chi connectivity index (χ4n) is 4.09. The van der Waals surface area contributed by atoms with Gasteiger partial charge in [0.1, 0.15) is 5.69 Å². The molecule has 1 aliphatic heterocycles. The number of esters is 1. The van der Waals surface area contributed by atoms with E-state index in [-0.39, 0.29) is 24.6 Å². The number of hydrogen-bond donors (Lipinski definition) is 0. The monoisotopic (exact) mass is 392 g/mol. The number of hydrogen-bond acceptors (Lipinski definition) is 5. The molecule has 1 saturated heterocycles. The molecule has 6 nitrogen and oxygen atoms in total. The maximum Gasteiger partial charge on any atom is 0.339 e. The van der Waals surface area contributed by atoms with E-state index in [9.17, 15) is 9.59 Å². The van der Waals surface area contributed by atoms with Crippen molar-refractivity contribution in [3.63, 3.8) is 0 Å². The first-order valence-electron chi connectivity index (χ1n) is 9.96. The van der Waals surface area contributed by atoms with Crippen LogP contribution in [-0.4, -0.2) is 40.5 Å². The smallest absolute Gasteiger partial charge is 0.339 e. The Bertz CT molecular complexity index is 1020. The first-order chi connectivity index (χ1) is 14.0. The maximum atomic E-state index is 12.9. The van der Waals surface area contributed by atoms with Gasteiger partial charge in [-0.15, -0.1) is 0 Å². The highest BCUT2D eigenvalue weighted by molar-refractivity contribution is 6.05. The molecular weight excluding hydrogens is 368 g/mol. The summed E-state index contributed by atoms with van der Waals surface area (Å²) < 4.78 is 10.9. The largest absolute Gasteiger partial charge is 0.463 e. The summed E-state index contributed by atoms with van der Waals surface area (Å²) in [6, 6.07) is 12.9. The lowest BCUT2D eigenvalue weighted by Gasteiger charge is -2.38. The summed E-state index contributed by atoms with van der Waals surface area (Å²) in [5.41, 5.74) is 1.58. The minimum Gasteiger partial charge on any atom is -0.463 e. The van der Waals surface area contributed by atoms with Crippen LogP contribution >= 0.6 is 0 Å². The van der Waals surface area contributed by atoms with Crippen LogP contribution < -0.4 is 0 Å². The molecule has 0 spiro atoms. The number of rotatable bonds is 4. The Hall–Kier alpha value is -3.15. The lowest BCUT2D eigenvalue weighted by Crippen LogP contribution is -2.49. The fraction of sp³-hybridized carbons (Fsp3) is 0.348. The summed E-state index contributed by atoms with van der Waals surface area (Å²) in [6.45, 7) is 3.82. The molecule has 1 aliphatic rings. The van der Waals surface area contributed by atoms with Gasteiger partial charge in [0.25, 0.3) is 5.91 Å². The average Bonchev–Trinajstić information content (AvgIpc) is 3.26. The van der Waals surface area contributed by atoms with Gasteiger partial charge in [0, 0.05) is 17.5 Å². The summed E-state index contributed by atoms with van der Waals surface area (Å²) >= 11 is 0. The van der Waals surface area contributed by atoms with Crippen LogP contribution in [0.2, 0.25) is 0 Å². The summed E-state index contributed by atoms with van der Waals surface area (Å²) in [5, 5.41) is 0.681. The van der Waals surface area contributed by atoms with Crippen LogP contribution in [0, 0.1) is 0 Å². The van der Waals surface area contributed by atoms with Crippen molar-refractivity contribution >= 4 is 22.8 Å². The second kappa shape index (κ2) is 8.07. The Balaban J connectivity index is 1.57. The van der Waals surface area contributed by atoms with Crippen molar-refractivity contribution in [1.82, 2.24) is 9.88 Å². The predicted octanol–water partition coefficient (Wildman–Crippen LogP) is 4.44. The van der Waals surface area contributed by atoms with Gasteiger partial charge in [0.2, 0.25) is 0 Å². The highest BCUT2D eigenvalue weighted by atomic mass is 16.5. The molecule has 0 radical (unpaired) electrons. The molecule has 1 fully saturated rings. The number of nitrogens with zero attached hydrogens (tertiary/aromatic N) is 2. The lowest BCUT2D eigenvalue weighted by molar-refractivity contribution is -0.140.